The molecule has 2 heterocycles. The number of aryl methyl sites for hydroxylation is 1. The molecule has 0 radical (unpaired) electrons. The van der Waals surface area contributed by atoms with Crippen LogP contribution in [0.15, 0.2) is 23.7 Å². The summed E-state index contributed by atoms with van der Waals surface area (Å²) in [5.74, 6) is 0.110. The fourth-order valence-electron chi connectivity index (χ4n) is 2.06. The van der Waals surface area contributed by atoms with E-state index in [1.165, 1.54) is 0 Å². The summed E-state index contributed by atoms with van der Waals surface area (Å²) < 4.78 is 0. The number of phenols is 2. The van der Waals surface area contributed by atoms with E-state index in [1.54, 1.807) is 36.6 Å². The summed E-state index contributed by atoms with van der Waals surface area (Å²) in [6.07, 6.45) is 1.69. The third-order valence-corrected chi connectivity index (χ3v) is 3.98. The zero-order chi connectivity index (χ0) is 14.3. The molecular formula is C14H13N3O2S. The molecule has 0 saturated heterocycles. The third-order valence-electron chi connectivity index (χ3n) is 3.21. The zero-order valence-corrected chi connectivity index (χ0v) is 11.8. The molecule has 0 aliphatic heterocycles. The Morgan fingerprint density at radius 2 is 1.95 bits per heavy atom. The van der Waals surface area contributed by atoms with Crippen molar-refractivity contribution in [1.29, 1.82) is 0 Å². The molecule has 0 aliphatic carbocycles. The van der Waals surface area contributed by atoms with Crippen LogP contribution >= 0.6 is 11.3 Å². The average Bonchev–Trinajstić information content (AvgIpc) is 3.04. The Morgan fingerprint density at radius 1 is 1.15 bits per heavy atom. The first-order valence-corrected chi connectivity index (χ1v) is 6.93. The number of aromatic nitrogens is 3. The van der Waals surface area contributed by atoms with E-state index < -0.39 is 0 Å². The summed E-state index contributed by atoms with van der Waals surface area (Å²) in [5.41, 5.74) is 3.38. The number of aromatic hydroxyl groups is 2. The second-order valence-electron chi connectivity index (χ2n) is 4.52. The van der Waals surface area contributed by atoms with Gasteiger partial charge in [-0.3, -0.25) is 5.10 Å². The molecule has 6 heteroatoms. The Morgan fingerprint density at radius 3 is 2.65 bits per heavy atom. The molecule has 0 atom stereocenters. The highest BCUT2D eigenvalue weighted by molar-refractivity contribution is 7.09. The van der Waals surface area contributed by atoms with Gasteiger partial charge in [0.25, 0.3) is 0 Å². The number of hydrogen-bond acceptors (Lipinski definition) is 5. The van der Waals surface area contributed by atoms with Gasteiger partial charge in [-0.1, -0.05) is 0 Å². The van der Waals surface area contributed by atoms with Gasteiger partial charge in [0, 0.05) is 22.1 Å². The summed E-state index contributed by atoms with van der Waals surface area (Å²) in [4.78, 5) is 4.44. The molecule has 0 aliphatic rings. The van der Waals surface area contributed by atoms with Crippen LogP contribution in [-0.2, 0) is 0 Å². The van der Waals surface area contributed by atoms with E-state index in [0.717, 1.165) is 16.3 Å². The van der Waals surface area contributed by atoms with E-state index in [1.807, 2.05) is 12.3 Å². The molecule has 102 valence electrons. The van der Waals surface area contributed by atoms with Crippen LogP contribution in [0.4, 0.5) is 0 Å². The Balaban J connectivity index is 2.18. The molecule has 0 bridgehead atoms. The van der Waals surface area contributed by atoms with Crippen LogP contribution in [-0.4, -0.2) is 25.4 Å². The minimum Gasteiger partial charge on any atom is -0.508 e. The molecule has 2 aromatic heterocycles. The van der Waals surface area contributed by atoms with Crippen molar-refractivity contribution in [3.63, 3.8) is 0 Å². The standard InChI is InChI=1S/C14H13N3O2S/c1-7-12(18)4-3-9(14(7)19)13-10(5-15-17-13)11-6-20-8(2)16-11/h3-6,18-19H,1-2H3,(H,15,17). The van der Waals surface area contributed by atoms with Gasteiger partial charge >= 0.3 is 0 Å². The highest BCUT2D eigenvalue weighted by atomic mass is 32.1. The van der Waals surface area contributed by atoms with Crippen LogP contribution < -0.4 is 0 Å². The molecule has 3 aromatic rings. The quantitative estimate of drug-likeness (QED) is 0.676. The van der Waals surface area contributed by atoms with Crippen LogP contribution in [0.2, 0.25) is 0 Å². The van der Waals surface area contributed by atoms with E-state index in [0.29, 0.717) is 16.8 Å². The van der Waals surface area contributed by atoms with Crippen molar-refractivity contribution in [3.8, 4) is 34.0 Å². The Labute approximate surface area is 119 Å². The number of thiazole rings is 1. The maximum Gasteiger partial charge on any atom is 0.131 e. The minimum absolute atomic E-state index is 0.0439. The SMILES string of the molecule is Cc1nc(-c2cn[nH]c2-c2ccc(O)c(C)c2O)cs1. The van der Waals surface area contributed by atoms with Crippen molar-refractivity contribution in [2.45, 2.75) is 13.8 Å². The highest BCUT2D eigenvalue weighted by Gasteiger charge is 2.17. The molecular weight excluding hydrogens is 274 g/mol. The highest BCUT2D eigenvalue weighted by Crippen LogP contribution is 2.39. The van der Waals surface area contributed by atoms with Gasteiger partial charge in [0.1, 0.15) is 11.5 Å². The number of nitrogens with one attached hydrogen (secondary N) is 1. The number of rotatable bonds is 2. The average molecular weight is 287 g/mol. The summed E-state index contributed by atoms with van der Waals surface area (Å²) in [6, 6.07) is 3.22. The molecule has 3 rings (SSSR count). The first kappa shape index (κ1) is 12.7. The van der Waals surface area contributed by atoms with Gasteiger partial charge in [0.05, 0.1) is 22.6 Å². The molecule has 20 heavy (non-hydrogen) atoms. The lowest BCUT2D eigenvalue weighted by molar-refractivity contribution is 0.444. The first-order valence-electron chi connectivity index (χ1n) is 6.05. The second-order valence-corrected chi connectivity index (χ2v) is 5.58. The van der Waals surface area contributed by atoms with Crippen molar-refractivity contribution in [2.24, 2.45) is 0 Å². The number of nitrogens with zero attached hydrogens (tertiary/aromatic N) is 2. The molecule has 0 spiro atoms. The largest absolute Gasteiger partial charge is 0.508 e. The molecule has 0 fully saturated rings. The summed E-state index contributed by atoms with van der Waals surface area (Å²) >= 11 is 1.56. The summed E-state index contributed by atoms with van der Waals surface area (Å²) in [7, 11) is 0. The maximum atomic E-state index is 10.2. The van der Waals surface area contributed by atoms with Crippen molar-refractivity contribution < 1.29 is 10.2 Å². The van der Waals surface area contributed by atoms with Gasteiger partial charge in [0.2, 0.25) is 0 Å². The van der Waals surface area contributed by atoms with Crippen LogP contribution in [0.1, 0.15) is 10.6 Å². The van der Waals surface area contributed by atoms with E-state index >= 15 is 0 Å². The number of benzene rings is 1. The molecule has 0 unspecified atom stereocenters. The first-order chi connectivity index (χ1) is 9.58. The van der Waals surface area contributed by atoms with Gasteiger partial charge in [-0.25, -0.2) is 4.98 Å². The maximum absolute atomic E-state index is 10.2. The van der Waals surface area contributed by atoms with E-state index in [2.05, 4.69) is 15.2 Å². The predicted octanol–water partition coefficient (Wildman–Crippen LogP) is 3.23. The van der Waals surface area contributed by atoms with Crippen LogP contribution in [0.25, 0.3) is 22.5 Å². The van der Waals surface area contributed by atoms with E-state index in [-0.39, 0.29) is 11.5 Å². The van der Waals surface area contributed by atoms with Crippen molar-refractivity contribution in [2.75, 3.05) is 0 Å². The topological polar surface area (TPSA) is 82.0 Å². The number of H-pyrrole nitrogens is 1. The number of phenolic OH excluding ortho intramolecular Hbond substituents is 2. The Kier molecular flexibility index (Phi) is 2.94. The lowest BCUT2D eigenvalue weighted by atomic mass is 10.0. The molecule has 0 saturated carbocycles. The lowest BCUT2D eigenvalue weighted by Gasteiger charge is -2.08. The zero-order valence-electron chi connectivity index (χ0n) is 11.0. The van der Waals surface area contributed by atoms with Crippen LogP contribution in [0.3, 0.4) is 0 Å². The van der Waals surface area contributed by atoms with Gasteiger partial charge < -0.3 is 10.2 Å². The summed E-state index contributed by atoms with van der Waals surface area (Å²) in [5, 5.41) is 29.7. The van der Waals surface area contributed by atoms with Gasteiger partial charge in [0.15, 0.2) is 0 Å². The monoisotopic (exact) mass is 287 g/mol. The van der Waals surface area contributed by atoms with Crippen molar-refractivity contribution in [1.82, 2.24) is 15.2 Å². The van der Waals surface area contributed by atoms with E-state index in [9.17, 15) is 10.2 Å². The van der Waals surface area contributed by atoms with Crippen molar-refractivity contribution in [3.05, 3.63) is 34.3 Å². The predicted molar refractivity (Wildman–Crippen MR) is 77.9 cm³/mol. The Hall–Kier alpha value is -2.34. The van der Waals surface area contributed by atoms with Gasteiger partial charge in [-0.2, -0.15) is 5.10 Å². The van der Waals surface area contributed by atoms with Crippen LogP contribution in [0, 0.1) is 13.8 Å². The van der Waals surface area contributed by atoms with Crippen molar-refractivity contribution >= 4 is 11.3 Å². The van der Waals surface area contributed by atoms with Gasteiger partial charge in [-0.05, 0) is 26.0 Å². The number of hydrogen-bond donors (Lipinski definition) is 3. The third kappa shape index (κ3) is 1.94. The Bertz CT molecular complexity index is 777. The molecule has 1 aromatic carbocycles. The van der Waals surface area contributed by atoms with Gasteiger partial charge in [-0.15, -0.1) is 11.3 Å². The lowest BCUT2D eigenvalue weighted by Crippen LogP contribution is -1.87. The second kappa shape index (κ2) is 4.64. The summed E-state index contributed by atoms with van der Waals surface area (Å²) in [6.45, 7) is 3.60. The minimum atomic E-state index is 0.0439. The fourth-order valence-corrected chi connectivity index (χ4v) is 2.68. The smallest absolute Gasteiger partial charge is 0.131 e. The molecule has 0 amide bonds. The normalized spacial score (nSPS) is 10.9. The van der Waals surface area contributed by atoms with Crippen LogP contribution in [0.5, 0.6) is 11.5 Å². The molecule has 5 nitrogen and oxygen atoms in total. The van der Waals surface area contributed by atoms with E-state index in [4.69, 9.17) is 0 Å². The molecule has 3 N–H and O–H groups in total. The fraction of sp³-hybridized carbons (Fsp3) is 0.143. The number of aromatic amines is 1.